The third kappa shape index (κ3) is 1.12. The molecule has 1 heterocycles. The van der Waals surface area contributed by atoms with Crippen molar-refractivity contribution in [3.63, 3.8) is 0 Å². The van der Waals surface area contributed by atoms with Gasteiger partial charge in [0, 0.05) is 5.21 Å². The number of amidine groups is 1. The zero-order valence-electron chi connectivity index (χ0n) is 8.30. The molecule has 0 saturated heterocycles. The number of hydrogen-bond acceptors (Lipinski definition) is 2. The van der Waals surface area contributed by atoms with Crippen LogP contribution in [0.5, 0.6) is 0 Å². The number of nitrogens with zero attached hydrogens (tertiary/aromatic N) is 2. The molecule has 1 radical (unpaired) electrons. The van der Waals surface area contributed by atoms with Gasteiger partial charge in [-0.05, 0) is 27.7 Å². The van der Waals surface area contributed by atoms with Crippen LogP contribution in [0.1, 0.15) is 27.7 Å². The quantitative estimate of drug-likeness (QED) is 0.369. The first-order chi connectivity index (χ1) is 5.76. The van der Waals surface area contributed by atoms with Crippen LogP contribution < -0.4 is 0 Å². The van der Waals surface area contributed by atoms with E-state index in [1.807, 2.05) is 0 Å². The Bertz CT molecular complexity index is 261. The van der Waals surface area contributed by atoms with E-state index in [2.05, 4.69) is 0 Å². The molecule has 13 heavy (non-hydrogen) atoms. The lowest BCUT2D eigenvalue weighted by Crippen LogP contribution is -2.53. The fourth-order valence-corrected chi connectivity index (χ4v) is 1.55. The predicted molar refractivity (Wildman–Crippen MR) is 50.0 cm³/mol. The first-order valence-electron chi connectivity index (χ1n) is 4.13. The van der Waals surface area contributed by atoms with E-state index in [1.54, 1.807) is 27.7 Å². The number of hydrogen-bond donors (Lipinski definition) is 0. The van der Waals surface area contributed by atoms with E-state index in [0.29, 0.717) is 9.80 Å². The maximum absolute atomic E-state index is 11.6. The SMILES string of the molecule is CC1(C)N([O])C(CCl)=[N+]([O-])C1(C)C. The lowest BCUT2D eigenvalue weighted by molar-refractivity contribution is -0.540. The van der Waals surface area contributed by atoms with Gasteiger partial charge in [-0.25, -0.2) is 0 Å². The minimum absolute atomic E-state index is 0.0418. The molecule has 0 aliphatic carbocycles. The smallest absolute Gasteiger partial charge is 0.299 e. The summed E-state index contributed by atoms with van der Waals surface area (Å²) in [6.07, 6.45) is 0. The Hall–Kier alpha value is -0.480. The summed E-state index contributed by atoms with van der Waals surface area (Å²) in [6, 6.07) is 0. The maximum Gasteiger partial charge on any atom is 0.299 e. The highest BCUT2D eigenvalue weighted by molar-refractivity contribution is 6.27. The molecule has 0 fully saturated rings. The molecule has 0 aromatic heterocycles. The van der Waals surface area contributed by atoms with Crippen molar-refractivity contribution < 1.29 is 9.95 Å². The molecule has 0 aromatic rings. The van der Waals surface area contributed by atoms with Crippen molar-refractivity contribution in [3.8, 4) is 0 Å². The Morgan fingerprint density at radius 2 is 1.92 bits per heavy atom. The van der Waals surface area contributed by atoms with Gasteiger partial charge < -0.3 is 5.21 Å². The zero-order valence-corrected chi connectivity index (χ0v) is 9.05. The maximum atomic E-state index is 11.6. The van der Waals surface area contributed by atoms with Crippen LogP contribution in [0.15, 0.2) is 0 Å². The third-order valence-electron chi connectivity index (χ3n) is 3.10. The van der Waals surface area contributed by atoms with Gasteiger partial charge >= 0.3 is 0 Å². The first kappa shape index (κ1) is 10.6. The molecular formula is C8H14ClN2O2. The van der Waals surface area contributed by atoms with Gasteiger partial charge in [-0.3, -0.25) is 4.74 Å². The van der Waals surface area contributed by atoms with Crippen LogP contribution >= 0.6 is 11.6 Å². The van der Waals surface area contributed by atoms with E-state index in [1.165, 1.54) is 0 Å². The summed E-state index contributed by atoms with van der Waals surface area (Å²) in [5.41, 5.74) is -1.47. The molecule has 0 spiro atoms. The summed E-state index contributed by atoms with van der Waals surface area (Å²) in [5, 5.41) is 24.0. The predicted octanol–water partition coefficient (Wildman–Crippen LogP) is 1.35. The van der Waals surface area contributed by atoms with Crippen LogP contribution in [0.3, 0.4) is 0 Å². The van der Waals surface area contributed by atoms with Crippen LogP contribution in [-0.2, 0) is 5.21 Å². The lowest BCUT2D eigenvalue weighted by Gasteiger charge is -2.32. The molecule has 0 bridgehead atoms. The summed E-state index contributed by atoms with van der Waals surface area (Å²) in [6.45, 7) is 6.96. The summed E-state index contributed by atoms with van der Waals surface area (Å²) in [7, 11) is 0. The molecule has 4 nitrogen and oxygen atoms in total. The molecule has 0 aromatic carbocycles. The first-order valence-corrected chi connectivity index (χ1v) is 4.66. The van der Waals surface area contributed by atoms with Crippen molar-refractivity contribution in [1.82, 2.24) is 5.06 Å². The normalized spacial score (nSPS) is 25.5. The average molecular weight is 206 g/mol. The standard InChI is InChI=1S/C8H14ClN2O2/c1-7(2)8(3,4)11(13)6(5-9)10(7)12/h5H2,1-4H3. The summed E-state index contributed by atoms with van der Waals surface area (Å²) < 4.78 is 0.715. The molecule has 1 aliphatic rings. The van der Waals surface area contributed by atoms with Gasteiger partial charge in [0.2, 0.25) is 0 Å². The Labute approximate surface area is 83.0 Å². The van der Waals surface area contributed by atoms with Gasteiger partial charge in [0.15, 0.2) is 5.54 Å². The minimum Gasteiger partial charge on any atom is -0.715 e. The van der Waals surface area contributed by atoms with Crippen molar-refractivity contribution in [2.24, 2.45) is 0 Å². The highest BCUT2D eigenvalue weighted by Gasteiger charge is 2.59. The largest absolute Gasteiger partial charge is 0.715 e. The molecule has 1 rings (SSSR count). The fourth-order valence-electron chi connectivity index (χ4n) is 1.33. The van der Waals surface area contributed by atoms with Crippen LogP contribution in [0.25, 0.3) is 0 Å². The second kappa shape index (κ2) is 2.75. The summed E-state index contributed by atoms with van der Waals surface area (Å²) in [4.78, 5) is 0. The van der Waals surface area contributed by atoms with Crippen LogP contribution in [0.2, 0.25) is 0 Å². The van der Waals surface area contributed by atoms with E-state index in [0.717, 1.165) is 0 Å². The van der Waals surface area contributed by atoms with Gasteiger partial charge in [0.05, 0.1) is 0 Å². The van der Waals surface area contributed by atoms with Crippen molar-refractivity contribution >= 4 is 17.4 Å². The highest BCUT2D eigenvalue weighted by Crippen LogP contribution is 2.35. The molecule has 5 heteroatoms. The second-order valence-corrected chi connectivity index (χ2v) is 4.52. The van der Waals surface area contributed by atoms with Gasteiger partial charge in [-0.15, -0.1) is 11.6 Å². The molecule has 0 unspecified atom stereocenters. The van der Waals surface area contributed by atoms with Crippen LogP contribution in [-0.4, -0.2) is 32.6 Å². The fraction of sp³-hybridized carbons (Fsp3) is 0.875. The Balaban J connectivity index is 3.21. The second-order valence-electron chi connectivity index (χ2n) is 4.26. The van der Waals surface area contributed by atoms with Crippen molar-refractivity contribution in [2.75, 3.05) is 5.88 Å². The number of alkyl halides is 1. The number of halogens is 1. The monoisotopic (exact) mass is 205 g/mol. The molecular weight excluding hydrogens is 192 g/mol. The molecule has 0 amide bonds. The highest BCUT2D eigenvalue weighted by atomic mass is 35.5. The van der Waals surface area contributed by atoms with Crippen molar-refractivity contribution in [3.05, 3.63) is 5.21 Å². The van der Waals surface area contributed by atoms with Gasteiger partial charge in [0.25, 0.3) is 5.84 Å². The Morgan fingerprint density at radius 1 is 1.46 bits per heavy atom. The number of rotatable bonds is 1. The summed E-state index contributed by atoms with van der Waals surface area (Å²) in [5.74, 6) is 0.0523. The van der Waals surface area contributed by atoms with E-state index in [9.17, 15) is 10.4 Å². The van der Waals surface area contributed by atoms with Crippen molar-refractivity contribution in [2.45, 2.75) is 38.8 Å². The molecule has 0 N–H and O–H groups in total. The third-order valence-corrected chi connectivity index (χ3v) is 3.34. The minimum atomic E-state index is -0.737. The lowest BCUT2D eigenvalue weighted by atomic mass is 9.84. The van der Waals surface area contributed by atoms with E-state index in [-0.39, 0.29) is 11.7 Å². The molecule has 75 valence electrons. The average Bonchev–Trinajstić information content (AvgIpc) is 2.13. The summed E-state index contributed by atoms with van der Waals surface area (Å²) >= 11 is 5.53. The van der Waals surface area contributed by atoms with Crippen molar-refractivity contribution in [1.29, 1.82) is 0 Å². The van der Waals surface area contributed by atoms with E-state index in [4.69, 9.17) is 11.6 Å². The van der Waals surface area contributed by atoms with E-state index >= 15 is 0 Å². The molecule has 1 aliphatic heterocycles. The van der Waals surface area contributed by atoms with E-state index < -0.39 is 11.1 Å². The topological polar surface area (TPSA) is 49.2 Å². The molecule has 0 atom stereocenters. The molecule has 0 saturated carbocycles. The zero-order chi connectivity index (χ0) is 10.4. The van der Waals surface area contributed by atoms with Gasteiger partial charge in [0.1, 0.15) is 11.4 Å². The van der Waals surface area contributed by atoms with Crippen LogP contribution in [0, 0.1) is 5.21 Å². The van der Waals surface area contributed by atoms with Crippen LogP contribution in [0.4, 0.5) is 0 Å². The van der Waals surface area contributed by atoms with Gasteiger partial charge in [-0.2, -0.15) is 0 Å². The van der Waals surface area contributed by atoms with Gasteiger partial charge in [-0.1, -0.05) is 5.06 Å². The Morgan fingerprint density at radius 3 is 2.08 bits per heavy atom. The Kier molecular flexibility index (Phi) is 2.24. The number of hydroxylamine groups is 3.